The van der Waals surface area contributed by atoms with Gasteiger partial charge in [0.25, 0.3) is 10.1 Å². The lowest BCUT2D eigenvalue weighted by atomic mass is 9.87. The second-order valence-corrected chi connectivity index (χ2v) is 8.27. The number of benzene rings is 2. The maximum atomic E-state index is 11.0. The fourth-order valence-corrected chi connectivity index (χ4v) is 3.54. The molecule has 2 aromatic carbocycles. The summed E-state index contributed by atoms with van der Waals surface area (Å²) in [6, 6.07) is 13.7. The molecule has 0 radical (unpaired) electrons. The third kappa shape index (κ3) is 6.45. The van der Waals surface area contributed by atoms with Crippen molar-refractivity contribution in [3.05, 3.63) is 59.7 Å². The van der Waals surface area contributed by atoms with Gasteiger partial charge in [-0.05, 0) is 43.2 Å². The minimum atomic E-state index is -4.02. The van der Waals surface area contributed by atoms with Gasteiger partial charge in [-0.3, -0.25) is 4.55 Å². The number of aryl methyl sites for hydroxylation is 1. The van der Waals surface area contributed by atoms with E-state index < -0.39 is 16.2 Å². The van der Waals surface area contributed by atoms with E-state index in [4.69, 9.17) is 20.1 Å². The van der Waals surface area contributed by atoms with Crippen LogP contribution in [0.4, 0.5) is 4.79 Å². The monoisotopic (exact) mass is 422 g/mol. The highest BCUT2D eigenvalue weighted by Crippen LogP contribution is 2.27. The topological polar surface area (TPSA) is 130 Å². The summed E-state index contributed by atoms with van der Waals surface area (Å²) in [4.78, 5) is 12.4. The number of ether oxygens (including phenoxy) is 1. The second kappa shape index (κ2) is 9.73. The summed E-state index contributed by atoms with van der Waals surface area (Å²) in [6.07, 6.45) is -0.177. The molecule has 0 aliphatic carbocycles. The molecule has 1 heterocycles. The highest BCUT2D eigenvalue weighted by Gasteiger charge is 2.30. The quantitative estimate of drug-likeness (QED) is 0.648. The molecule has 0 bridgehead atoms. The average molecular weight is 423 g/mol. The molecule has 1 aliphatic rings. The van der Waals surface area contributed by atoms with Crippen molar-refractivity contribution in [3.63, 3.8) is 0 Å². The maximum Gasteiger partial charge on any atom is 0.407 e. The van der Waals surface area contributed by atoms with Gasteiger partial charge in [0.2, 0.25) is 0 Å². The van der Waals surface area contributed by atoms with Crippen LogP contribution in [0, 0.1) is 6.92 Å². The van der Waals surface area contributed by atoms with E-state index in [1.807, 2.05) is 31.2 Å². The van der Waals surface area contributed by atoms with Gasteiger partial charge >= 0.3 is 6.09 Å². The Morgan fingerprint density at radius 3 is 2.21 bits per heavy atom. The number of nitrogens with zero attached hydrogens (tertiary/aromatic N) is 1. The van der Waals surface area contributed by atoms with Crippen LogP contribution in [0.1, 0.15) is 23.5 Å². The first kappa shape index (κ1) is 22.7. The predicted octanol–water partition coefficient (Wildman–Crippen LogP) is 2.73. The number of carboxylic acid groups (broad SMARTS) is 1. The second-order valence-electron chi connectivity index (χ2n) is 6.85. The van der Waals surface area contributed by atoms with E-state index in [2.05, 4.69) is 0 Å². The molecule has 9 heteroatoms. The van der Waals surface area contributed by atoms with Gasteiger partial charge in [0.05, 0.1) is 12.0 Å². The number of amides is 1. The van der Waals surface area contributed by atoms with Crippen molar-refractivity contribution < 1.29 is 27.6 Å². The summed E-state index contributed by atoms with van der Waals surface area (Å²) >= 11 is 0. The van der Waals surface area contributed by atoms with E-state index in [0.29, 0.717) is 19.5 Å². The van der Waals surface area contributed by atoms with E-state index in [1.54, 1.807) is 19.2 Å². The van der Waals surface area contributed by atoms with E-state index in [-0.39, 0.29) is 16.9 Å². The SMILES string of the molecule is COc1ccc(C2CN(C(=O)O)CCC2N)cc1.Cc1ccc(S(=O)(=O)O)cc1. The van der Waals surface area contributed by atoms with Gasteiger partial charge in [0.15, 0.2) is 0 Å². The number of methoxy groups -OCH3 is 1. The van der Waals surface area contributed by atoms with Crippen molar-refractivity contribution in [3.8, 4) is 5.75 Å². The molecule has 1 amide bonds. The van der Waals surface area contributed by atoms with Crippen LogP contribution in [0.25, 0.3) is 0 Å². The Hall–Kier alpha value is -2.62. The maximum absolute atomic E-state index is 11.0. The van der Waals surface area contributed by atoms with Gasteiger partial charge in [0, 0.05) is 25.0 Å². The summed E-state index contributed by atoms with van der Waals surface area (Å²) in [5.41, 5.74) is 8.11. The van der Waals surface area contributed by atoms with Crippen molar-refractivity contribution in [2.75, 3.05) is 20.2 Å². The molecule has 1 aliphatic heterocycles. The third-order valence-electron chi connectivity index (χ3n) is 4.80. The van der Waals surface area contributed by atoms with Gasteiger partial charge < -0.3 is 20.5 Å². The smallest absolute Gasteiger partial charge is 0.407 e. The Morgan fingerprint density at radius 1 is 1.14 bits per heavy atom. The standard InChI is InChI=1S/C13H18N2O3.C7H8O3S/c1-18-10-4-2-9(3-5-10)11-8-15(13(16)17)7-6-12(11)14;1-6-2-4-7(5-3-6)11(8,9)10/h2-5,11-12H,6-8,14H2,1H3,(H,16,17);2-5H,1H3,(H,8,9,10). The predicted molar refractivity (Wildman–Crippen MR) is 109 cm³/mol. The highest BCUT2D eigenvalue weighted by atomic mass is 32.2. The van der Waals surface area contributed by atoms with Crippen LogP contribution in [0.3, 0.4) is 0 Å². The van der Waals surface area contributed by atoms with Gasteiger partial charge in [0.1, 0.15) is 5.75 Å². The zero-order chi connectivity index (χ0) is 21.6. The Balaban J connectivity index is 0.000000234. The minimum absolute atomic E-state index is 0.00833. The van der Waals surface area contributed by atoms with Crippen molar-refractivity contribution in [1.82, 2.24) is 4.90 Å². The van der Waals surface area contributed by atoms with Crippen molar-refractivity contribution in [1.29, 1.82) is 0 Å². The van der Waals surface area contributed by atoms with Gasteiger partial charge in [-0.15, -0.1) is 0 Å². The molecule has 8 nitrogen and oxygen atoms in total. The number of hydrogen-bond donors (Lipinski definition) is 3. The molecular weight excluding hydrogens is 396 g/mol. The van der Waals surface area contributed by atoms with Crippen LogP contribution in [0.2, 0.25) is 0 Å². The molecule has 2 atom stereocenters. The first-order valence-corrected chi connectivity index (χ1v) is 10.5. The van der Waals surface area contributed by atoms with Crippen LogP contribution in [0.15, 0.2) is 53.4 Å². The normalized spacial score (nSPS) is 19.1. The summed E-state index contributed by atoms with van der Waals surface area (Å²) in [7, 11) is -2.40. The largest absolute Gasteiger partial charge is 0.497 e. The van der Waals surface area contributed by atoms with E-state index in [1.165, 1.54) is 17.0 Å². The van der Waals surface area contributed by atoms with Gasteiger partial charge in [-0.25, -0.2) is 4.79 Å². The molecule has 158 valence electrons. The molecule has 0 aromatic heterocycles. The number of rotatable bonds is 3. The molecule has 0 saturated carbocycles. The molecule has 4 N–H and O–H groups in total. The molecule has 2 aromatic rings. The van der Waals surface area contributed by atoms with E-state index in [0.717, 1.165) is 16.9 Å². The van der Waals surface area contributed by atoms with Crippen LogP contribution in [-0.4, -0.2) is 55.3 Å². The fourth-order valence-electron chi connectivity index (χ4n) is 3.06. The molecule has 1 saturated heterocycles. The third-order valence-corrected chi connectivity index (χ3v) is 5.67. The molecule has 29 heavy (non-hydrogen) atoms. The number of carbonyl (C=O) groups is 1. The number of piperidine rings is 1. The lowest BCUT2D eigenvalue weighted by Crippen LogP contribution is -2.47. The Labute approximate surface area is 170 Å². The molecule has 1 fully saturated rings. The molecule has 0 spiro atoms. The molecule has 2 unspecified atom stereocenters. The van der Waals surface area contributed by atoms with Crippen LogP contribution >= 0.6 is 0 Å². The Kier molecular flexibility index (Phi) is 7.60. The van der Waals surface area contributed by atoms with E-state index >= 15 is 0 Å². The number of hydrogen-bond acceptors (Lipinski definition) is 5. The molecule has 3 rings (SSSR count). The van der Waals surface area contributed by atoms with E-state index in [9.17, 15) is 13.2 Å². The summed E-state index contributed by atoms with van der Waals surface area (Å²) in [6.45, 7) is 2.82. The summed E-state index contributed by atoms with van der Waals surface area (Å²) in [5.74, 6) is 0.846. The zero-order valence-electron chi connectivity index (χ0n) is 16.4. The number of nitrogens with two attached hydrogens (primary N) is 1. The first-order valence-electron chi connectivity index (χ1n) is 9.03. The van der Waals surface area contributed by atoms with Crippen LogP contribution in [0.5, 0.6) is 5.75 Å². The number of likely N-dealkylation sites (tertiary alicyclic amines) is 1. The van der Waals surface area contributed by atoms with Gasteiger partial charge in [-0.1, -0.05) is 29.8 Å². The van der Waals surface area contributed by atoms with Crippen LogP contribution < -0.4 is 10.5 Å². The molecular formula is C20H26N2O6S. The lowest BCUT2D eigenvalue weighted by molar-refractivity contribution is 0.126. The highest BCUT2D eigenvalue weighted by molar-refractivity contribution is 7.85. The Morgan fingerprint density at radius 2 is 1.72 bits per heavy atom. The van der Waals surface area contributed by atoms with Crippen molar-refractivity contribution >= 4 is 16.2 Å². The zero-order valence-corrected chi connectivity index (χ0v) is 17.2. The Bertz CT molecular complexity index is 913. The minimum Gasteiger partial charge on any atom is -0.497 e. The van der Waals surface area contributed by atoms with Crippen molar-refractivity contribution in [2.24, 2.45) is 5.73 Å². The van der Waals surface area contributed by atoms with Crippen LogP contribution in [-0.2, 0) is 10.1 Å². The first-order chi connectivity index (χ1) is 13.6. The summed E-state index contributed by atoms with van der Waals surface area (Å²) < 4.78 is 34.7. The van der Waals surface area contributed by atoms with Gasteiger partial charge in [-0.2, -0.15) is 8.42 Å². The average Bonchev–Trinajstić information content (AvgIpc) is 2.68. The van der Waals surface area contributed by atoms with Crippen molar-refractivity contribution in [2.45, 2.75) is 30.2 Å². The fraction of sp³-hybridized carbons (Fsp3) is 0.350. The lowest BCUT2D eigenvalue weighted by Gasteiger charge is -2.35. The summed E-state index contributed by atoms with van der Waals surface area (Å²) in [5, 5.41) is 9.04.